The average molecular weight is 289 g/mol. The van der Waals surface area contributed by atoms with Crippen LogP contribution in [0.1, 0.15) is 0 Å². The molecule has 0 atom stereocenters. The largest absolute Gasteiger partial charge is 0.484 e. The van der Waals surface area contributed by atoms with Crippen LogP contribution in [0.3, 0.4) is 0 Å². The van der Waals surface area contributed by atoms with Crippen molar-refractivity contribution in [2.45, 2.75) is 0 Å². The van der Waals surface area contributed by atoms with Crippen LogP contribution in [0.2, 0.25) is 0 Å². The van der Waals surface area contributed by atoms with Gasteiger partial charge in [0.2, 0.25) is 0 Å². The standard InChI is InChI=1S/C13H15N5O3/c19-13(17-5-7-20-8-6-17)9-21-12-3-1-11(2-4-12)18-10-14-15-16-18/h1-4,10H,5-9H2. The lowest BCUT2D eigenvalue weighted by Crippen LogP contribution is -2.42. The second-order valence-corrected chi connectivity index (χ2v) is 4.53. The molecule has 1 fully saturated rings. The van der Waals surface area contributed by atoms with Crippen LogP contribution >= 0.6 is 0 Å². The van der Waals surface area contributed by atoms with Crippen LogP contribution in [0.4, 0.5) is 0 Å². The molecule has 0 aliphatic carbocycles. The monoisotopic (exact) mass is 289 g/mol. The predicted molar refractivity (Wildman–Crippen MR) is 72.0 cm³/mol. The van der Waals surface area contributed by atoms with Gasteiger partial charge in [-0.15, -0.1) is 5.10 Å². The number of benzene rings is 1. The maximum Gasteiger partial charge on any atom is 0.260 e. The van der Waals surface area contributed by atoms with Crippen molar-refractivity contribution in [1.29, 1.82) is 0 Å². The van der Waals surface area contributed by atoms with E-state index in [0.29, 0.717) is 32.1 Å². The fourth-order valence-electron chi connectivity index (χ4n) is 2.02. The quantitative estimate of drug-likeness (QED) is 0.781. The summed E-state index contributed by atoms with van der Waals surface area (Å²) in [5, 5.41) is 10.9. The summed E-state index contributed by atoms with van der Waals surface area (Å²) >= 11 is 0. The van der Waals surface area contributed by atoms with Gasteiger partial charge in [-0.05, 0) is 34.7 Å². The third-order valence-electron chi connectivity index (χ3n) is 3.18. The molecule has 0 radical (unpaired) electrons. The molecule has 0 bridgehead atoms. The SMILES string of the molecule is O=C(COc1ccc(-n2cnnn2)cc1)N1CCOCC1. The molecule has 2 aromatic rings. The maximum atomic E-state index is 11.9. The number of rotatable bonds is 4. The van der Waals surface area contributed by atoms with Gasteiger partial charge in [0.05, 0.1) is 18.9 Å². The average Bonchev–Trinajstić information content (AvgIpc) is 3.08. The van der Waals surface area contributed by atoms with Gasteiger partial charge in [-0.3, -0.25) is 4.79 Å². The summed E-state index contributed by atoms with van der Waals surface area (Å²) in [6.45, 7) is 2.46. The first-order valence-corrected chi connectivity index (χ1v) is 6.65. The van der Waals surface area contributed by atoms with Crippen molar-refractivity contribution in [3.8, 4) is 11.4 Å². The van der Waals surface area contributed by atoms with Crippen molar-refractivity contribution in [3.05, 3.63) is 30.6 Å². The highest BCUT2D eigenvalue weighted by Crippen LogP contribution is 2.14. The number of hydrogen-bond acceptors (Lipinski definition) is 6. The van der Waals surface area contributed by atoms with Crippen LogP contribution in [0.25, 0.3) is 5.69 Å². The van der Waals surface area contributed by atoms with Gasteiger partial charge in [-0.25, -0.2) is 4.68 Å². The number of aromatic nitrogens is 4. The van der Waals surface area contributed by atoms with Gasteiger partial charge in [0.15, 0.2) is 6.61 Å². The number of tetrazole rings is 1. The van der Waals surface area contributed by atoms with Crippen molar-refractivity contribution in [2.75, 3.05) is 32.9 Å². The molecular formula is C13H15N5O3. The normalized spacial score (nSPS) is 15.0. The second kappa shape index (κ2) is 6.31. The minimum absolute atomic E-state index is 0.0251. The lowest BCUT2D eigenvalue weighted by molar-refractivity contribution is -0.137. The van der Waals surface area contributed by atoms with E-state index in [4.69, 9.17) is 9.47 Å². The molecule has 8 heteroatoms. The van der Waals surface area contributed by atoms with Crippen molar-refractivity contribution in [1.82, 2.24) is 25.1 Å². The fraction of sp³-hybridized carbons (Fsp3) is 0.385. The highest BCUT2D eigenvalue weighted by molar-refractivity contribution is 5.77. The summed E-state index contributed by atoms with van der Waals surface area (Å²) in [7, 11) is 0. The van der Waals surface area contributed by atoms with Gasteiger partial charge in [0, 0.05) is 13.1 Å². The molecule has 1 aromatic heterocycles. The number of morpholine rings is 1. The van der Waals surface area contributed by atoms with Crippen LogP contribution in [-0.2, 0) is 9.53 Å². The van der Waals surface area contributed by atoms with Crippen LogP contribution in [0, 0.1) is 0 Å². The van der Waals surface area contributed by atoms with Crippen molar-refractivity contribution in [3.63, 3.8) is 0 Å². The molecule has 1 aromatic carbocycles. The van der Waals surface area contributed by atoms with E-state index in [1.165, 1.54) is 6.33 Å². The highest BCUT2D eigenvalue weighted by Gasteiger charge is 2.17. The molecule has 0 spiro atoms. The van der Waals surface area contributed by atoms with Crippen LogP contribution in [-0.4, -0.2) is 63.9 Å². The first kappa shape index (κ1) is 13.5. The first-order chi connectivity index (χ1) is 10.3. The summed E-state index contributed by atoms with van der Waals surface area (Å²) in [5.74, 6) is 0.608. The lowest BCUT2D eigenvalue weighted by atomic mass is 10.3. The third-order valence-corrected chi connectivity index (χ3v) is 3.18. The smallest absolute Gasteiger partial charge is 0.260 e. The molecule has 2 heterocycles. The second-order valence-electron chi connectivity index (χ2n) is 4.53. The maximum absolute atomic E-state index is 11.9. The minimum Gasteiger partial charge on any atom is -0.484 e. The number of carbonyl (C=O) groups is 1. The number of amides is 1. The summed E-state index contributed by atoms with van der Waals surface area (Å²) in [6.07, 6.45) is 1.51. The summed E-state index contributed by atoms with van der Waals surface area (Å²) in [5.41, 5.74) is 0.826. The minimum atomic E-state index is -0.0251. The number of carbonyl (C=O) groups excluding carboxylic acids is 1. The Kier molecular flexibility index (Phi) is 4.06. The molecule has 21 heavy (non-hydrogen) atoms. The number of ether oxygens (including phenoxy) is 2. The van der Waals surface area contributed by atoms with Gasteiger partial charge in [0.25, 0.3) is 5.91 Å². The zero-order chi connectivity index (χ0) is 14.5. The molecule has 1 aliphatic heterocycles. The van der Waals surface area contributed by atoms with E-state index in [2.05, 4.69) is 15.5 Å². The predicted octanol–water partition coefficient (Wildman–Crippen LogP) is -0.100. The Bertz CT molecular complexity index is 578. The zero-order valence-electron chi connectivity index (χ0n) is 11.4. The molecular weight excluding hydrogens is 274 g/mol. The fourth-order valence-corrected chi connectivity index (χ4v) is 2.02. The van der Waals surface area contributed by atoms with Crippen LogP contribution in [0.15, 0.2) is 30.6 Å². The topological polar surface area (TPSA) is 82.4 Å². The Hall–Kier alpha value is -2.48. The Balaban J connectivity index is 1.54. The molecule has 1 amide bonds. The van der Waals surface area contributed by atoms with E-state index < -0.39 is 0 Å². The van der Waals surface area contributed by atoms with Crippen molar-refractivity contribution < 1.29 is 14.3 Å². The molecule has 8 nitrogen and oxygen atoms in total. The Morgan fingerprint density at radius 2 is 2.00 bits per heavy atom. The Morgan fingerprint density at radius 3 is 2.67 bits per heavy atom. The molecule has 0 saturated carbocycles. The van der Waals surface area contributed by atoms with E-state index in [9.17, 15) is 4.79 Å². The molecule has 0 unspecified atom stereocenters. The van der Waals surface area contributed by atoms with Gasteiger partial charge >= 0.3 is 0 Å². The van der Waals surface area contributed by atoms with Crippen LogP contribution < -0.4 is 4.74 Å². The zero-order valence-corrected chi connectivity index (χ0v) is 11.4. The van der Waals surface area contributed by atoms with Crippen LogP contribution in [0.5, 0.6) is 5.75 Å². The van der Waals surface area contributed by atoms with Crippen molar-refractivity contribution in [2.24, 2.45) is 0 Å². The number of hydrogen-bond donors (Lipinski definition) is 0. The lowest BCUT2D eigenvalue weighted by Gasteiger charge is -2.26. The van der Waals surface area contributed by atoms with E-state index in [1.54, 1.807) is 21.7 Å². The van der Waals surface area contributed by atoms with E-state index in [0.717, 1.165) is 5.69 Å². The highest BCUT2D eigenvalue weighted by atomic mass is 16.5. The molecule has 110 valence electrons. The van der Waals surface area contributed by atoms with E-state index in [-0.39, 0.29) is 12.5 Å². The summed E-state index contributed by atoms with van der Waals surface area (Å²) < 4.78 is 12.3. The first-order valence-electron chi connectivity index (χ1n) is 6.65. The third kappa shape index (κ3) is 3.34. The van der Waals surface area contributed by atoms with Gasteiger partial charge in [-0.1, -0.05) is 0 Å². The van der Waals surface area contributed by atoms with E-state index >= 15 is 0 Å². The molecule has 0 N–H and O–H groups in total. The number of nitrogens with zero attached hydrogens (tertiary/aromatic N) is 5. The summed E-state index contributed by atoms with van der Waals surface area (Å²) in [6, 6.07) is 7.21. The molecule has 1 aliphatic rings. The molecule has 1 saturated heterocycles. The van der Waals surface area contributed by atoms with Gasteiger partial charge < -0.3 is 14.4 Å². The van der Waals surface area contributed by atoms with Crippen molar-refractivity contribution >= 4 is 5.91 Å². The van der Waals surface area contributed by atoms with Gasteiger partial charge in [0.1, 0.15) is 12.1 Å². The summed E-state index contributed by atoms with van der Waals surface area (Å²) in [4.78, 5) is 13.7. The van der Waals surface area contributed by atoms with E-state index in [1.807, 2.05) is 12.1 Å². The molecule has 3 rings (SSSR count). The Labute approximate surface area is 121 Å². The Morgan fingerprint density at radius 1 is 1.24 bits per heavy atom. The van der Waals surface area contributed by atoms with Gasteiger partial charge in [-0.2, -0.15) is 0 Å².